The predicted molar refractivity (Wildman–Crippen MR) is 109 cm³/mol. The molecule has 1 aliphatic rings. The fourth-order valence-electron chi connectivity index (χ4n) is 3.39. The van der Waals surface area contributed by atoms with Crippen molar-refractivity contribution in [1.29, 1.82) is 0 Å². The van der Waals surface area contributed by atoms with E-state index in [0.29, 0.717) is 30.8 Å². The molecule has 142 valence electrons. The molecule has 0 aromatic heterocycles. The molecule has 5 heteroatoms. The molecule has 0 atom stereocenters. The summed E-state index contributed by atoms with van der Waals surface area (Å²) in [4.78, 5) is 28.7. The normalized spacial score (nSPS) is 14.2. The Morgan fingerprint density at radius 2 is 1.70 bits per heavy atom. The van der Waals surface area contributed by atoms with Crippen molar-refractivity contribution >= 4 is 23.2 Å². The molecule has 1 fully saturated rings. The van der Waals surface area contributed by atoms with Gasteiger partial charge >= 0.3 is 0 Å². The number of benzene rings is 2. The summed E-state index contributed by atoms with van der Waals surface area (Å²) in [5.41, 5.74) is 5.13. The molecule has 0 saturated carbocycles. The number of amides is 2. The average Bonchev–Trinajstić information content (AvgIpc) is 2.70. The Morgan fingerprint density at radius 3 is 2.41 bits per heavy atom. The highest BCUT2D eigenvalue weighted by atomic mass is 16.2. The van der Waals surface area contributed by atoms with Crippen LogP contribution in [0.4, 0.5) is 11.4 Å². The standard InChI is InChI=1S/C22H27N3O2/c1-4-21(26)23-19-9-6-8-18(15-19)22(27)25-13-11-24(12-14-25)20-10-5-7-16(2)17(20)3/h5-10,15H,4,11-14H2,1-3H3,(H,23,26). The van der Waals surface area contributed by atoms with Crippen LogP contribution in [-0.2, 0) is 4.79 Å². The summed E-state index contributed by atoms with van der Waals surface area (Å²) >= 11 is 0. The first-order valence-corrected chi connectivity index (χ1v) is 9.50. The van der Waals surface area contributed by atoms with Crippen molar-refractivity contribution in [2.75, 3.05) is 36.4 Å². The molecule has 1 heterocycles. The van der Waals surface area contributed by atoms with E-state index in [1.54, 1.807) is 19.1 Å². The monoisotopic (exact) mass is 365 g/mol. The van der Waals surface area contributed by atoms with Gasteiger partial charge in [0.25, 0.3) is 5.91 Å². The van der Waals surface area contributed by atoms with Gasteiger partial charge in [-0.3, -0.25) is 9.59 Å². The Hall–Kier alpha value is -2.82. The van der Waals surface area contributed by atoms with Crippen molar-refractivity contribution < 1.29 is 9.59 Å². The molecule has 0 radical (unpaired) electrons. The third kappa shape index (κ3) is 4.30. The largest absolute Gasteiger partial charge is 0.368 e. The molecule has 1 saturated heterocycles. The second kappa shape index (κ2) is 8.25. The van der Waals surface area contributed by atoms with Gasteiger partial charge in [-0.2, -0.15) is 0 Å². The summed E-state index contributed by atoms with van der Waals surface area (Å²) in [5.74, 6) is -0.0371. The van der Waals surface area contributed by atoms with Crippen LogP contribution in [0.3, 0.4) is 0 Å². The van der Waals surface area contributed by atoms with E-state index in [-0.39, 0.29) is 11.8 Å². The van der Waals surface area contributed by atoms with E-state index in [4.69, 9.17) is 0 Å². The number of nitrogens with one attached hydrogen (secondary N) is 1. The third-order valence-corrected chi connectivity index (χ3v) is 5.20. The minimum absolute atomic E-state index is 0.0169. The first-order valence-electron chi connectivity index (χ1n) is 9.50. The minimum atomic E-state index is -0.0539. The highest BCUT2D eigenvalue weighted by molar-refractivity contribution is 5.97. The van der Waals surface area contributed by atoms with Gasteiger partial charge in [0.2, 0.25) is 5.91 Å². The Kier molecular flexibility index (Phi) is 5.79. The third-order valence-electron chi connectivity index (χ3n) is 5.20. The number of aryl methyl sites for hydroxylation is 1. The molecule has 2 aromatic rings. The highest BCUT2D eigenvalue weighted by Crippen LogP contribution is 2.24. The maximum Gasteiger partial charge on any atom is 0.254 e. The first kappa shape index (κ1) is 19.0. The number of hydrogen-bond donors (Lipinski definition) is 1. The van der Waals surface area contributed by atoms with Crippen LogP contribution in [0.1, 0.15) is 34.8 Å². The second-order valence-corrected chi connectivity index (χ2v) is 6.98. The molecule has 2 amide bonds. The lowest BCUT2D eigenvalue weighted by Gasteiger charge is -2.37. The molecule has 0 unspecified atom stereocenters. The van der Waals surface area contributed by atoms with Crippen LogP contribution >= 0.6 is 0 Å². The zero-order valence-corrected chi connectivity index (χ0v) is 16.3. The number of anilines is 2. The van der Waals surface area contributed by atoms with E-state index in [1.165, 1.54) is 16.8 Å². The second-order valence-electron chi connectivity index (χ2n) is 6.98. The summed E-state index contributed by atoms with van der Waals surface area (Å²) in [5, 5.41) is 2.81. The molecule has 27 heavy (non-hydrogen) atoms. The summed E-state index contributed by atoms with van der Waals surface area (Å²) in [6, 6.07) is 13.6. The summed E-state index contributed by atoms with van der Waals surface area (Å²) in [6.07, 6.45) is 0.415. The zero-order valence-electron chi connectivity index (χ0n) is 16.3. The van der Waals surface area contributed by atoms with Gasteiger partial charge < -0.3 is 15.1 Å². The van der Waals surface area contributed by atoms with Gasteiger partial charge in [0, 0.05) is 49.5 Å². The molecule has 3 rings (SSSR count). The van der Waals surface area contributed by atoms with Gasteiger partial charge in [0.1, 0.15) is 0 Å². The Morgan fingerprint density at radius 1 is 1.00 bits per heavy atom. The molecular weight excluding hydrogens is 338 g/mol. The lowest BCUT2D eigenvalue weighted by atomic mass is 10.1. The van der Waals surface area contributed by atoms with Crippen LogP contribution in [0.25, 0.3) is 0 Å². The first-order chi connectivity index (χ1) is 13.0. The molecule has 1 aliphatic heterocycles. The van der Waals surface area contributed by atoms with E-state index >= 15 is 0 Å². The topological polar surface area (TPSA) is 52.7 Å². The summed E-state index contributed by atoms with van der Waals surface area (Å²) in [7, 11) is 0. The molecule has 0 bridgehead atoms. The Balaban J connectivity index is 1.66. The van der Waals surface area contributed by atoms with E-state index in [1.807, 2.05) is 17.0 Å². The van der Waals surface area contributed by atoms with Gasteiger partial charge in [-0.15, -0.1) is 0 Å². The molecule has 5 nitrogen and oxygen atoms in total. The predicted octanol–water partition coefficient (Wildman–Crippen LogP) is 3.61. The number of nitrogens with zero attached hydrogens (tertiary/aromatic N) is 2. The van der Waals surface area contributed by atoms with Crippen molar-refractivity contribution in [2.24, 2.45) is 0 Å². The lowest BCUT2D eigenvalue weighted by Crippen LogP contribution is -2.49. The van der Waals surface area contributed by atoms with Crippen LogP contribution in [0.5, 0.6) is 0 Å². The van der Waals surface area contributed by atoms with Gasteiger partial charge in [-0.25, -0.2) is 0 Å². The highest BCUT2D eigenvalue weighted by Gasteiger charge is 2.23. The SMILES string of the molecule is CCC(=O)Nc1cccc(C(=O)N2CCN(c3cccc(C)c3C)CC2)c1. The van der Waals surface area contributed by atoms with Gasteiger partial charge in [-0.1, -0.05) is 25.1 Å². The van der Waals surface area contributed by atoms with Crippen molar-refractivity contribution in [3.8, 4) is 0 Å². The Bertz CT molecular complexity index is 839. The quantitative estimate of drug-likeness (QED) is 0.900. The number of carbonyl (C=O) groups is 2. The summed E-state index contributed by atoms with van der Waals surface area (Å²) in [6.45, 7) is 9.11. The van der Waals surface area contributed by atoms with Crippen molar-refractivity contribution in [1.82, 2.24) is 4.90 Å². The molecular formula is C22H27N3O2. The van der Waals surface area contributed by atoms with Gasteiger partial charge in [0.05, 0.1) is 0 Å². The van der Waals surface area contributed by atoms with E-state index < -0.39 is 0 Å². The number of hydrogen-bond acceptors (Lipinski definition) is 3. The van der Waals surface area contributed by atoms with Gasteiger partial charge in [0.15, 0.2) is 0 Å². The van der Waals surface area contributed by atoms with E-state index in [2.05, 4.69) is 42.3 Å². The van der Waals surface area contributed by atoms with Crippen LogP contribution in [0, 0.1) is 13.8 Å². The van der Waals surface area contributed by atoms with Crippen molar-refractivity contribution in [3.05, 3.63) is 59.2 Å². The smallest absolute Gasteiger partial charge is 0.254 e. The fourth-order valence-corrected chi connectivity index (χ4v) is 3.39. The fraction of sp³-hybridized carbons (Fsp3) is 0.364. The molecule has 0 aliphatic carbocycles. The maximum atomic E-state index is 12.9. The number of rotatable bonds is 4. The van der Waals surface area contributed by atoms with E-state index in [9.17, 15) is 9.59 Å². The number of piperazine rings is 1. The van der Waals surface area contributed by atoms with Crippen molar-refractivity contribution in [3.63, 3.8) is 0 Å². The molecule has 0 spiro atoms. The molecule has 2 aromatic carbocycles. The zero-order chi connectivity index (χ0) is 19.4. The van der Waals surface area contributed by atoms with Crippen LogP contribution in [-0.4, -0.2) is 42.9 Å². The van der Waals surface area contributed by atoms with Crippen LogP contribution in [0.2, 0.25) is 0 Å². The summed E-state index contributed by atoms with van der Waals surface area (Å²) < 4.78 is 0. The van der Waals surface area contributed by atoms with Gasteiger partial charge in [-0.05, 0) is 49.2 Å². The van der Waals surface area contributed by atoms with Crippen LogP contribution in [0.15, 0.2) is 42.5 Å². The average molecular weight is 365 g/mol. The van der Waals surface area contributed by atoms with Crippen LogP contribution < -0.4 is 10.2 Å². The van der Waals surface area contributed by atoms with Crippen molar-refractivity contribution in [2.45, 2.75) is 27.2 Å². The lowest BCUT2D eigenvalue weighted by molar-refractivity contribution is -0.115. The number of carbonyl (C=O) groups excluding carboxylic acids is 2. The Labute approximate surface area is 161 Å². The molecule has 1 N–H and O–H groups in total. The van der Waals surface area contributed by atoms with E-state index in [0.717, 1.165) is 13.1 Å². The maximum absolute atomic E-state index is 12.9. The minimum Gasteiger partial charge on any atom is -0.368 e.